The van der Waals surface area contributed by atoms with Crippen LogP contribution in [0.15, 0.2) is 30.3 Å². The average molecular weight is 411 g/mol. The summed E-state index contributed by atoms with van der Waals surface area (Å²) in [5, 5.41) is 2.94. The summed E-state index contributed by atoms with van der Waals surface area (Å²) >= 11 is 2.28. The van der Waals surface area contributed by atoms with Gasteiger partial charge in [0.15, 0.2) is 0 Å². The molecule has 0 aliphatic carbocycles. The predicted octanol–water partition coefficient (Wildman–Crippen LogP) is 4.18. The second kappa shape index (κ2) is 7.00. The molecule has 1 N–H and O–H groups in total. The van der Waals surface area contributed by atoms with Crippen LogP contribution in [0.25, 0.3) is 0 Å². The van der Waals surface area contributed by atoms with Crippen molar-refractivity contribution in [2.75, 3.05) is 19.5 Å². The van der Waals surface area contributed by atoms with Crippen molar-refractivity contribution in [1.82, 2.24) is 0 Å². The largest absolute Gasteiger partial charge is 0.497 e. The summed E-state index contributed by atoms with van der Waals surface area (Å²) in [6.07, 6.45) is 0. The van der Waals surface area contributed by atoms with Gasteiger partial charge in [0.1, 0.15) is 11.5 Å². The third kappa shape index (κ3) is 3.71. The van der Waals surface area contributed by atoms with Crippen molar-refractivity contribution < 1.29 is 14.3 Å². The van der Waals surface area contributed by atoms with E-state index in [0.717, 1.165) is 16.8 Å². The molecule has 2 rings (SSSR count). The van der Waals surface area contributed by atoms with E-state index >= 15 is 0 Å². The van der Waals surface area contributed by atoms with E-state index < -0.39 is 0 Å². The molecule has 4 nitrogen and oxygen atoms in total. The van der Waals surface area contributed by atoms with Crippen LogP contribution < -0.4 is 14.8 Å². The number of hydrogen-bond acceptors (Lipinski definition) is 3. The third-order valence-electron chi connectivity index (χ3n) is 3.37. The summed E-state index contributed by atoms with van der Waals surface area (Å²) in [5.41, 5.74) is 3.46. The van der Waals surface area contributed by atoms with Crippen LogP contribution in [0.3, 0.4) is 0 Å². The van der Waals surface area contributed by atoms with Crippen LogP contribution in [-0.4, -0.2) is 20.1 Å². The van der Waals surface area contributed by atoms with E-state index in [1.54, 1.807) is 32.4 Å². The molecule has 0 radical (unpaired) electrons. The number of aryl methyl sites for hydroxylation is 2. The van der Waals surface area contributed by atoms with Gasteiger partial charge in [-0.1, -0.05) is 0 Å². The Labute approximate surface area is 144 Å². The molecule has 22 heavy (non-hydrogen) atoms. The van der Waals surface area contributed by atoms with Gasteiger partial charge in [0, 0.05) is 20.9 Å². The quantitative estimate of drug-likeness (QED) is 0.769. The van der Waals surface area contributed by atoms with Crippen molar-refractivity contribution >= 4 is 34.2 Å². The van der Waals surface area contributed by atoms with Gasteiger partial charge in [0.2, 0.25) is 0 Å². The number of benzene rings is 2. The highest BCUT2D eigenvalue weighted by Gasteiger charge is 2.12. The molecular weight excluding hydrogens is 393 g/mol. The molecule has 0 fully saturated rings. The minimum absolute atomic E-state index is 0.194. The molecule has 0 atom stereocenters. The van der Waals surface area contributed by atoms with Crippen LogP contribution in [0.5, 0.6) is 11.5 Å². The number of methoxy groups -OCH3 is 2. The Balaban J connectivity index is 2.31. The van der Waals surface area contributed by atoms with E-state index in [1.807, 2.05) is 19.9 Å². The van der Waals surface area contributed by atoms with Crippen molar-refractivity contribution in [2.24, 2.45) is 0 Å². The molecule has 5 heteroatoms. The number of ether oxygens (including phenoxy) is 2. The molecule has 0 saturated carbocycles. The van der Waals surface area contributed by atoms with E-state index in [-0.39, 0.29) is 5.91 Å². The monoisotopic (exact) mass is 411 g/mol. The lowest BCUT2D eigenvalue weighted by Gasteiger charge is -2.12. The second-order valence-electron chi connectivity index (χ2n) is 4.97. The van der Waals surface area contributed by atoms with E-state index in [4.69, 9.17) is 9.47 Å². The van der Waals surface area contributed by atoms with Crippen molar-refractivity contribution in [3.8, 4) is 11.5 Å². The Hall–Kier alpha value is -1.76. The minimum Gasteiger partial charge on any atom is -0.497 e. The number of hydrogen-bond donors (Lipinski definition) is 1. The molecule has 1 amide bonds. The molecule has 0 aliphatic rings. The molecule has 2 aromatic carbocycles. The van der Waals surface area contributed by atoms with Crippen molar-refractivity contribution in [3.63, 3.8) is 0 Å². The van der Waals surface area contributed by atoms with Crippen LogP contribution in [0.4, 0.5) is 5.69 Å². The zero-order valence-corrected chi connectivity index (χ0v) is 15.1. The van der Waals surface area contributed by atoms with Gasteiger partial charge in [-0.3, -0.25) is 4.79 Å². The first-order chi connectivity index (χ1) is 10.4. The predicted molar refractivity (Wildman–Crippen MR) is 96.1 cm³/mol. The highest BCUT2D eigenvalue weighted by molar-refractivity contribution is 14.1. The Morgan fingerprint density at radius 3 is 2.09 bits per heavy atom. The number of anilines is 1. The summed E-state index contributed by atoms with van der Waals surface area (Å²) in [7, 11) is 3.12. The average Bonchev–Trinajstić information content (AvgIpc) is 2.51. The summed E-state index contributed by atoms with van der Waals surface area (Å²) in [4.78, 5) is 12.5. The highest BCUT2D eigenvalue weighted by Crippen LogP contribution is 2.25. The van der Waals surface area contributed by atoms with Crippen molar-refractivity contribution in [3.05, 3.63) is 50.6 Å². The Morgan fingerprint density at radius 2 is 1.55 bits per heavy atom. The zero-order chi connectivity index (χ0) is 16.3. The van der Waals surface area contributed by atoms with Crippen LogP contribution in [0.2, 0.25) is 0 Å². The van der Waals surface area contributed by atoms with E-state index in [0.29, 0.717) is 17.1 Å². The summed E-state index contributed by atoms with van der Waals surface area (Å²) < 4.78 is 11.6. The summed E-state index contributed by atoms with van der Waals surface area (Å²) in [6.45, 7) is 3.99. The van der Waals surface area contributed by atoms with Gasteiger partial charge in [0.05, 0.1) is 14.2 Å². The number of halogens is 1. The molecule has 0 spiro atoms. The fourth-order valence-electron chi connectivity index (χ4n) is 2.05. The summed E-state index contributed by atoms with van der Waals surface area (Å²) in [6, 6.07) is 9.14. The van der Waals surface area contributed by atoms with Gasteiger partial charge < -0.3 is 14.8 Å². The van der Waals surface area contributed by atoms with Crippen LogP contribution in [-0.2, 0) is 0 Å². The van der Waals surface area contributed by atoms with Gasteiger partial charge in [-0.2, -0.15) is 0 Å². The van der Waals surface area contributed by atoms with E-state index in [2.05, 4.69) is 34.0 Å². The fourth-order valence-corrected chi connectivity index (χ4v) is 2.67. The topological polar surface area (TPSA) is 47.6 Å². The molecule has 0 heterocycles. The SMILES string of the molecule is COc1cc(OC)cc(C(=O)Nc2cc(C)c(I)cc2C)c1. The first kappa shape index (κ1) is 16.6. The van der Waals surface area contributed by atoms with Gasteiger partial charge in [-0.05, 0) is 71.8 Å². The van der Waals surface area contributed by atoms with Gasteiger partial charge in [-0.25, -0.2) is 0 Å². The Bertz CT molecular complexity index is 691. The van der Waals surface area contributed by atoms with Crippen LogP contribution in [0, 0.1) is 17.4 Å². The summed E-state index contributed by atoms with van der Waals surface area (Å²) in [5.74, 6) is 0.973. The molecule has 0 aromatic heterocycles. The molecule has 0 bridgehead atoms. The lowest BCUT2D eigenvalue weighted by molar-refractivity contribution is 0.102. The lowest BCUT2D eigenvalue weighted by Crippen LogP contribution is -2.13. The second-order valence-corrected chi connectivity index (χ2v) is 6.13. The Kier molecular flexibility index (Phi) is 5.28. The molecular formula is C17H18INO3. The van der Waals surface area contributed by atoms with Crippen LogP contribution >= 0.6 is 22.6 Å². The molecule has 0 aliphatic heterocycles. The van der Waals surface area contributed by atoms with Gasteiger partial charge >= 0.3 is 0 Å². The standard InChI is InChI=1S/C17H18INO3/c1-10-6-16(11(2)5-15(10)18)19-17(20)12-7-13(21-3)9-14(8-12)22-4/h5-9H,1-4H3,(H,19,20). The van der Waals surface area contributed by atoms with Gasteiger partial charge in [0.25, 0.3) is 5.91 Å². The third-order valence-corrected chi connectivity index (χ3v) is 4.53. The maximum absolute atomic E-state index is 12.5. The van der Waals surface area contributed by atoms with Gasteiger partial charge in [-0.15, -0.1) is 0 Å². The zero-order valence-electron chi connectivity index (χ0n) is 13.0. The fraction of sp³-hybridized carbons (Fsp3) is 0.235. The first-order valence-electron chi connectivity index (χ1n) is 6.75. The molecule has 0 saturated heterocycles. The lowest BCUT2D eigenvalue weighted by atomic mass is 10.1. The van der Waals surface area contributed by atoms with E-state index in [9.17, 15) is 4.79 Å². The van der Waals surface area contributed by atoms with Crippen molar-refractivity contribution in [1.29, 1.82) is 0 Å². The van der Waals surface area contributed by atoms with Crippen molar-refractivity contribution in [2.45, 2.75) is 13.8 Å². The minimum atomic E-state index is -0.194. The maximum atomic E-state index is 12.5. The number of carbonyl (C=O) groups excluding carboxylic acids is 1. The number of nitrogens with one attached hydrogen (secondary N) is 1. The number of rotatable bonds is 4. The normalized spacial score (nSPS) is 10.2. The van der Waals surface area contributed by atoms with Crippen LogP contribution in [0.1, 0.15) is 21.5 Å². The maximum Gasteiger partial charge on any atom is 0.255 e. The molecule has 2 aromatic rings. The highest BCUT2D eigenvalue weighted by atomic mass is 127. The molecule has 0 unspecified atom stereocenters. The first-order valence-corrected chi connectivity index (χ1v) is 7.83. The molecule has 116 valence electrons. The number of carbonyl (C=O) groups is 1. The number of amides is 1. The Morgan fingerprint density at radius 1 is 0.955 bits per heavy atom. The smallest absolute Gasteiger partial charge is 0.255 e. The van der Waals surface area contributed by atoms with E-state index in [1.165, 1.54) is 3.57 Å².